The fourth-order valence-corrected chi connectivity index (χ4v) is 7.07. The molecule has 4 heterocycles. The quantitative estimate of drug-likeness (QED) is 0.166. The van der Waals surface area contributed by atoms with Crippen molar-refractivity contribution in [2.45, 2.75) is 38.2 Å². The second-order valence-electron chi connectivity index (χ2n) is 13.8. The number of likely N-dealkylation sites (tertiary alicyclic amines) is 1. The van der Waals surface area contributed by atoms with E-state index in [1.165, 1.54) is 24.3 Å². The number of amides is 3. The van der Waals surface area contributed by atoms with Crippen molar-refractivity contribution < 1.29 is 33.4 Å². The molecule has 13 heteroatoms. The average molecular weight is 673 g/mol. The zero-order valence-electron chi connectivity index (χ0n) is 27.6. The van der Waals surface area contributed by atoms with Crippen molar-refractivity contribution in [1.82, 2.24) is 19.9 Å². The van der Waals surface area contributed by atoms with Crippen LogP contribution in [0.3, 0.4) is 0 Å². The van der Waals surface area contributed by atoms with Gasteiger partial charge in [-0.2, -0.15) is 0 Å². The monoisotopic (exact) mass is 672 g/mol. The number of esters is 1. The summed E-state index contributed by atoms with van der Waals surface area (Å²) in [4.78, 5) is 76.6. The number of allylic oxidation sites excluding steroid dienone is 2. The van der Waals surface area contributed by atoms with Crippen molar-refractivity contribution in [2.75, 3.05) is 24.3 Å². The van der Waals surface area contributed by atoms with Crippen LogP contribution in [0.15, 0.2) is 72.6 Å². The molecular weight excluding hydrogens is 640 g/mol. The van der Waals surface area contributed by atoms with Gasteiger partial charge in [0.15, 0.2) is 0 Å². The van der Waals surface area contributed by atoms with E-state index in [4.69, 9.17) is 9.47 Å². The second kappa shape index (κ2) is 10.9. The van der Waals surface area contributed by atoms with Gasteiger partial charge in [0.1, 0.15) is 22.7 Å². The predicted molar refractivity (Wildman–Crippen MR) is 183 cm³/mol. The molecule has 13 nitrogen and oxygen atoms in total. The Morgan fingerprint density at radius 3 is 2.20 bits per heavy atom. The molecule has 252 valence electrons. The molecule has 50 heavy (non-hydrogen) atoms. The maximum absolute atomic E-state index is 13.5. The van der Waals surface area contributed by atoms with Gasteiger partial charge in [0.25, 0.3) is 11.8 Å². The molecule has 2 unspecified atom stereocenters. The Labute approximate surface area is 285 Å². The minimum Gasteiger partial charge on any atom is -0.464 e. The zero-order valence-corrected chi connectivity index (χ0v) is 27.6. The second-order valence-corrected chi connectivity index (χ2v) is 13.8. The van der Waals surface area contributed by atoms with E-state index < -0.39 is 29.0 Å². The summed E-state index contributed by atoms with van der Waals surface area (Å²) < 4.78 is 10.4. The number of nitrogens with one attached hydrogen (secondary N) is 4. The summed E-state index contributed by atoms with van der Waals surface area (Å²) in [6.45, 7) is 5.82. The first-order chi connectivity index (χ1) is 23.8. The highest BCUT2D eigenvalue weighted by Gasteiger charge is 2.68. The summed E-state index contributed by atoms with van der Waals surface area (Å²) in [5.41, 5.74) is 3.68. The fourth-order valence-electron chi connectivity index (χ4n) is 7.07. The van der Waals surface area contributed by atoms with Gasteiger partial charge >= 0.3 is 12.1 Å². The van der Waals surface area contributed by atoms with E-state index in [0.29, 0.717) is 51.5 Å². The Hall–Kier alpha value is -6.24. The standard InChI is InChI=1S/C37H32N6O7/c1-36(2,3)50-35(48)43-17-21-15-37(21)24-11-20(16-38-31(24)29(44)14-30(37)43)32(45)39-22-5-7-25-18(9-22)12-27(41-25)33(46)40-23-6-8-26-19(10-23)13-28(42-26)34(47)49-4/h5-14,16,21,41-42H,15,17H2,1-4H3,(H,39,45)(H,40,46). The predicted octanol–water partition coefficient (Wildman–Crippen LogP) is 5.92. The van der Waals surface area contributed by atoms with Crippen LogP contribution in [0.25, 0.3) is 21.8 Å². The van der Waals surface area contributed by atoms with Gasteiger partial charge in [-0.25, -0.2) is 9.59 Å². The first kappa shape index (κ1) is 31.1. The lowest BCUT2D eigenvalue weighted by Gasteiger charge is -2.30. The Morgan fingerprint density at radius 1 is 0.900 bits per heavy atom. The summed E-state index contributed by atoms with van der Waals surface area (Å²) >= 11 is 0. The van der Waals surface area contributed by atoms with Crippen LogP contribution in [0.1, 0.15) is 74.6 Å². The number of aromatic nitrogens is 3. The lowest BCUT2D eigenvalue weighted by molar-refractivity contribution is 0.0321. The van der Waals surface area contributed by atoms with Gasteiger partial charge in [-0.15, -0.1) is 0 Å². The highest BCUT2D eigenvalue weighted by Crippen LogP contribution is 2.66. The van der Waals surface area contributed by atoms with Gasteiger partial charge in [-0.05, 0) is 93.3 Å². The third-order valence-corrected chi connectivity index (χ3v) is 9.41. The number of hydrogen-bond donors (Lipinski definition) is 4. The van der Waals surface area contributed by atoms with Crippen molar-refractivity contribution in [2.24, 2.45) is 5.92 Å². The number of methoxy groups -OCH3 is 1. The minimum absolute atomic E-state index is 0.103. The van der Waals surface area contributed by atoms with E-state index in [9.17, 15) is 24.0 Å². The number of hydrogen-bond acceptors (Lipinski definition) is 8. The molecule has 2 atom stereocenters. The molecule has 5 aromatic rings. The first-order valence-electron chi connectivity index (χ1n) is 16.1. The molecule has 3 aliphatic rings. The molecule has 2 aromatic carbocycles. The third-order valence-electron chi connectivity index (χ3n) is 9.41. The topological polar surface area (TPSA) is 176 Å². The van der Waals surface area contributed by atoms with E-state index in [1.807, 2.05) is 0 Å². The van der Waals surface area contributed by atoms with Crippen LogP contribution >= 0.6 is 0 Å². The van der Waals surface area contributed by atoms with Crippen LogP contribution in [0.2, 0.25) is 0 Å². The van der Waals surface area contributed by atoms with Crippen molar-refractivity contribution in [1.29, 1.82) is 0 Å². The molecule has 8 rings (SSSR count). The summed E-state index contributed by atoms with van der Waals surface area (Å²) in [6.07, 6.45) is 3.12. The zero-order chi connectivity index (χ0) is 35.1. The number of fused-ring (bicyclic) bond motifs is 3. The largest absolute Gasteiger partial charge is 0.464 e. The number of benzene rings is 2. The number of piperidine rings is 1. The number of pyridine rings is 1. The van der Waals surface area contributed by atoms with E-state index in [2.05, 4.69) is 25.6 Å². The molecular formula is C37H32N6O7. The lowest BCUT2D eigenvalue weighted by atomic mass is 9.83. The molecule has 1 spiro atoms. The van der Waals surface area contributed by atoms with Crippen LogP contribution in [0.4, 0.5) is 16.2 Å². The van der Waals surface area contributed by atoms with Crippen molar-refractivity contribution in [3.8, 4) is 0 Å². The van der Waals surface area contributed by atoms with Crippen LogP contribution in [-0.2, 0) is 14.9 Å². The minimum atomic E-state index is -0.684. The number of aromatic amines is 2. The maximum Gasteiger partial charge on any atom is 0.414 e. The molecule has 1 saturated heterocycles. The summed E-state index contributed by atoms with van der Waals surface area (Å²) in [7, 11) is 1.31. The van der Waals surface area contributed by atoms with Gasteiger partial charge in [0, 0.05) is 63.1 Å². The smallest absolute Gasteiger partial charge is 0.414 e. The number of nitrogens with zero attached hydrogens (tertiary/aromatic N) is 2. The van der Waals surface area contributed by atoms with Crippen LogP contribution in [0.5, 0.6) is 0 Å². The molecule has 3 aromatic heterocycles. The van der Waals surface area contributed by atoms with Gasteiger partial charge in [0.05, 0.1) is 12.7 Å². The number of anilines is 2. The van der Waals surface area contributed by atoms with Gasteiger partial charge in [-0.1, -0.05) is 0 Å². The van der Waals surface area contributed by atoms with Gasteiger partial charge < -0.3 is 30.1 Å². The Balaban J connectivity index is 0.986. The van der Waals surface area contributed by atoms with E-state index >= 15 is 0 Å². The summed E-state index contributed by atoms with van der Waals surface area (Å²) in [6, 6.07) is 15.5. The number of rotatable bonds is 5. The highest BCUT2D eigenvalue weighted by molar-refractivity contribution is 6.11. The molecule has 2 fully saturated rings. The average Bonchev–Trinajstić information content (AvgIpc) is 3.35. The number of carbonyl (C=O) groups excluding carboxylic acids is 5. The van der Waals surface area contributed by atoms with Crippen LogP contribution < -0.4 is 10.6 Å². The summed E-state index contributed by atoms with van der Waals surface area (Å²) in [5, 5.41) is 7.21. The van der Waals surface area contributed by atoms with Crippen LogP contribution in [0, 0.1) is 5.92 Å². The van der Waals surface area contributed by atoms with E-state index in [1.54, 1.807) is 75.4 Å². The normalized spacial score (nSPS) is 19.0. The maximum atomic E-state index is 13.5. The third kappa shape index (κ3) is 5.09. The Morgan fingerprint density at radius 2 is 1.54 bits per heavy atom. The van der Waals surface area contributed by atoms with E-state index in [-0.39, 0.29) is 28.9 Å². The number of ether oxygens (including phenoxy) is 2. The van der Waals surface area contributed by atoms with Crippen LogP contribution in [-0.4, -0.2) is 68.8 Å². The van der Waals surface area contributed by atoms with Crippen molar-refractivity contribution in [3.63, 3.8) is 0 Å². The number of carbonyl (C=O) groups is 5. The molecule has 0 radical (unpaired) electrons. The first-order valence-corrected chi connectivity index (χ1v) is 16.1. The summed E-state index contributed by atoms with van der Waals surface area (Å²) in [5.74, 6) is -1.48. The molecule has 4 N–H and O–H groups in total. The van der Waals surface area contributed by atoms with Gasteiger partial charge in [0.2, 0.25) is 5.78 Å². The van der Waals surface area contributed by atoms with Crippen molar-refractivity contribution >= 4 is 62.8 Å². The Bertz CT molecular complexity index is 2360. The van der Waals surface area contributed by atoms with E-state index in [0.717, 1.165) is 17.3 Å². The fraction of sp³-hybridized carbons (Fsp3) is 0.243. The lowest BCUT2D eigenvalue weighted by Crippen LogP contribution is -2.38. The highest BCUT2D eigenvalue weighted by atomic mass is 16.6. The van der Waals surface area contributed by atoms with Gasteiger partial charge in [-0.3, -0.25) is 24.3 Å². The SMILES string of the molecule is COC(=O)c1cc2cc(NC(=O)c3cc4cc(NC(=O)c5cnc6c(c5)C57CC5CN(C(=O)OC(C)(C)C)C7=CC6=O)ccc4[nH]3)ccc2[nH]1. The Kier molecular flexibility index (Phi) is 6.76. The molecule has 3 amide bonds. The van der Waals surface area contributed by atoms with Crippen molar-refractivity contribution in [3.05, 3.63) is 101 Å². The molecule has 1 aliphatic heterocycles. The molecule has 2 aliphatic carbocycles. The number of ketones is 1. The molecule has 1 saturated carbocycles. The molecule has 0 bridgehead atoms. The number of H-pyrrole nitrogens is 2.